The van der Waals surface area contributed by atoms with E-state index in [-0.39, 0.29) is 13.0 Å². The van der Waals surface area contributed by atoms with Crippen LogP contribution in [0.2, 0.25) is 0 Å². The van der Waals surface area contributed by atoms with Gasteiger partial charge in [0.15, 0.2) is 0 Å². The van der Waals surface area contributed by atoms with Gasteiger partial charge in [0.05, 0.1) is 6.61 Å². The lowest BCUT2D eigenvalue weighted by Crippen LogP contribution is -2.21. The first kappa shape index (κ1) is 10.3. The van der Waals surface area contributed by atoms with Crippen molar-refractivity contribution in [1.29, 1.82) is 0 Å². The molecule has 0 N–H and O–H groups in total. The van der Waals surface area contributed by atoms with E-state index in [4.69, 9.17) is 0 Å². The van der Waals surface area contributed by atoms with Crippen LogP contribution in [-0.4, -0.2) is 18.5 Å². The van der Waals surface area contributed by atoms with Crippen molar-refractivity contribution >= 4 is 5.97 Å². The van der Waals surface area contributed by atoms with Gasteiger partial charge in [-0.2, -0.15) is 0 Å². The summed E-state index contributed by atoms with van der Waals surface area (Å²) in [5, 5.41) is 0. The Kier molecular flexibility index (Phi) is 4.00. The third kappa shape index (κ3) is 4.70. The molecule has 0 fully saturated rings. The van der Waals surface area contributed by atoms with Gasteiger partial charge in [-0.15, -0.1) is 0 Å². The number of carbonyl (C=O) groups excluding carboxylic acids is 1. The van der Waals surface area contributed by atoms with Crippen molar-refractivity contribution in [2.24, 2.45) is 0 Å². The highest BCUT2D eigenvalue weighted by Crippen LogP contribution is 2.22. The van der Waals surface area contributed by atoms with Crippen LogP contribution in [0.25, 0.3) is 0 Å². The Morgan fingerprint density at radius 2 is 2.00 bits per heavy atom. The molecule has 0 saturated heterocycles. The van der Waals surface area contributed by atoms with Crippen LogP contribution in [0.5, 0.6) is 0 Å². The number of carbonyl (C=O) groups is 1. The molecule has 0 aliphatic rings. The van der Waals surface area contributed by atoms with Crippen LogP contribution in [0.4, 0.5) is 8.78 Å². The molecule has 0 atom stereocenters. The summed E-state index contributed by atoms with van der Waals surface area (Å²) in [7, 11) is 0. The highest BCUT2D eigenvalue weighted by molar-refractivity contribution is 5.70. The summed E-state index contributed by atoms with van der Waals surface area (Å²) >= 11 is 0. The smallest absolute Gasteiger partial charge is 0.311 e. The van der Waals surface area contributed by atoms with Gasteiger partial charge in [-0.25, -0.2) is 8.78 Å². The van der Waals surface area contributed by atoms with Crippen LogP contribution < -0.4 is 0 Å². The van der Waals surface area contributed by atoms with Crippen molar-refractivity contribution in [3.63, 3.8) is 0 Å². The first-order valence-electron chi connectivity index (χ1n) is 3.55. The minimum atomic E-state index is -2.91. The summed E-state index contributed by atoms with van der Waals surface area (Å²) < 4.78 is 29.2. The molecule has 66 valence electrons. The van der Waals surface area contributed by atoms with Gasteiger partial charge in [0.1, 0.15) is 6.42 Å². The first-order valence-corrected chi connectivity index (χ1v) is 3.55. The maximum Gasteiger partial charge on any atom is 0.311 e. The number of ether oxygens (including phenoxy) is 1. The summed E-state index contributed by atoms with van der Waals surface area (Å²) in [6, 6.07) is 0. The second-order valence-electron chi connectivity index (χ2n) is 2.19. The van der Waals surface area contributed by atoms with Crippen LogP contribution in [0.3, 0.4) is 0 Å². The maximum absolute atomic E-state index is 12.4. The van der Waals surface area contributed by atoms with Crippen molar-refractivity contribution in [2.45, 2.75) is 32.6 Å². The monoisotopic (exact) mass is 166 g/mol. The molecular weight excluding hydrogens is 154 g/mol. The van der Waals surface area contributed by atoms with E-state index in [0.717, 1.165) is 0 Å². The summed E-state index contributed by atoms with van der Waals surface area (Å²) in [5.74, 6) is -3.74. The fourth-order valence-corrected chi connectivity index (χ4v) is 0.548. The lowest BCUT2D eigenvalue weighted by Gasteiger charge is -2.11. The van der Waals surface area contributed by atoms with Crippen molar-refractivity contribution in [2.75, 3.05) is 6.61 Å². The van der Waals surface area contributed by atoms with E-state index in [1.807, 2.05) is 0 Å². The number of rotatable bonds is 4. The molecule has 0 rings (SSSR count). The highest BCUT2D eigenvalue weighted by atomic mass is 19.3. The summed E-state index contributed by atoms with van der Waals surface area (Å²) in [4.78, 5) is 10.5. The van der Waals surface area contributed by atoms with Crippen LogP contribution >= 0.6 is 0 Å². The molecule has 0 amide bonds. The average Bonchev–Trinajstić information content (AvgIpc) is 1.87. The number of hydrogen-bond donors (Lipinski definition) is 0. The standard InChI is InChI=1S/C7H12F2O2/c1-3-7(8,9)5-6(10)11-4-2/h3-5H2,1-2H3. The van der Waals surface area contributed by atoms with E-state index in [2.05, 4.69) is 4.74 Å². The average molecular weight is 166 g/mol. The zero-order chi connectivity index (χ0) is 8.91. The molecule has 11 heavy (non-hydrogen) atoms. The van der Waals surface area contributed by atoms with Gasteiger partial charge in [-0.05, 0) is 6.92 Å². The van der Waals surface area contributed by atoms with E-state index in [9.17, 15) is 13.6 Å². The van der Waals surface area contributed by atoms with E-state index >= 15 is 0 Å². The van der Waals surface area contributed by atoms with Gasteiger partial charge in [-0.1, -0.05) is 6.92 Å². The summed E-state index contributed by atoms with van der Waals surface area (Å²) in [6.45, 7) is 3.07. The van der Waals surface area contributed by atoms with E-state index in [1.165, 1.54) is 6.92 Å². The molecule has 0 aromatic heterocycles. The lowest BCUT2D eigenvalue weighted by molar-refractivity contribution is -0.151. The lowest BCUT2D eigenvalue weighted by atomic mass is 10.2. The third-order valence-electron chi connectivity index (χ3n) is 1.23. The van der Waals surface area contributed by atoms with Crippen molar-refractivity contribution < 1.29 is 18.3 Å². The maximum atomic E-state index is 12.4. The van der Waals surface area contributed by atoms with E-state index < -0.39 is 18.3 Å². The van der Waals surface area contributed by atoms with Gasteiger partial charge in [0, 0.05) is 6.42 Å². The molecule has 0 saturated carbocycles. The minimum absolute atomic E-state index is 0.151. The van der Waals surface area contributed by atoms with Crippen molar-refractivity contribution in [3.05, 3.63) is 0 Å². The molecule has 0 aromatic carbocycles. The minimum Gasteiger partial charge on any atom is -0.466 e. The normalized spacial score (nSPS) is 11.3. The Morgan fingerprint density at radius 3 is 2.36 bits per heavy atom. The zero-order valence-corrected chi connectivity index (χ0v) is 6.69. The Morgan fingerprint density at radius 1 is 1.45 bits per heavy atom. The van der Waals surface area contributed by atoms with Gasteiger partial charge in [0.2, 0.25) is 0 Å². The SMILES string of the molecule is CCOC(=O)CC(F)(F)CC. The topological polar surface area (TPSA) is 26.3 Å². The highest BCUT2D eigenvalue weighted by Gasteiger charge is 2.30. The number of esters is 1. The van der Waals surface area contributed by atoms with Gasteiger partial charge in [-0.3, -0.25) is 4.79 Å². The van der Waals surface area contributed by atoms with Crippen LogP contribution in [-0.2, 0) is 9.53 Å². The molecule has 4 heteroatoms. The molecule has 0 heterocycles. The quantitative estimate of drug-likeness (QED) is 0.597. The Labute approximate surface area is 64.5 Å². The molecule has 0 aliphatic heterocycles. The Bertz CT molecular complexity index is 134. The molecular formula is C7H12F2O2. The molecule has 2 nitrogen and oxygen atoms in total. The molecule has 0 radical (unpaired) electrons. The van der Waals surface area contributed by atoms with E-state index in [1.54, 1.807) is 6.92 Å². The second kappa shape index (κ2) is 4.26. The number of hydrogen-bond acceptors (Lipinski definition) is 2. The second-order valence-corrected chi connectivity index (χ2v) is 2.19. The molecule has 0 bridgehead atoms. The van der Waals surface area contributed by atoms with Gasteiger partial charge in [0.25, 0.3) is 5.92 Å². The summed E-state index contributed by atoms with van der Waals surface area (Å²) in [6.07, 6.45) is -1.14. The van der Waals surface area contributed by atoms with Gasteiger partial charge < -0.3 is 4.74 Å². The zero-order valence-electron chi connectivity index (χ0n) is 6.69. The van der Waals surface area contributed by atoms with E-state index in [0.29, 0.717) is 0 Å². The van der Waals surface area contributed by atoms with Crippen LogP contribution in [0.15, 0.2) is 0 Å². The van der Waals surface area contributed by atoms with Crippen molar-refractivity contribution in [3.8, 4) is 0 Å². The number of alkyl halides is 2. The van der Waals surface area contributed by atoms with Crippen LogP contribution in [0.1, 0.15) is 26.7 Å². The first-order chi connectivity index (χ1) is 5.02. The predicted octanol–water partition coefficient (Wildman–Crippen LogP) is 1.98. The predicted molar refractivity (Wildman–Crippen MR) is 36.5 cm³/mol. The molecule has 0 spiro atoms. The number of halogens is 2. The fraction of sp³-hybridized carbons (Fsp3) is 0.857. The van der Waals surface area contributed by atoms with Crippen molar-refractivity contribution in [1.82, 2.24) is 0 Å². The Balaban J connectivity index is 3.74. The molecule has 0 unspecified atom stereocenters. The van der Waals surface area contributed by atoms with Gasteiger partial charge >= 0.3 is 5.97 Å². The summed E-state index contributed by atoms with van der Waals surface area (Å²) in [5.41, 5.74) is 0. The van der Waals surface area contributed by atoms with Crippen LogP contribution in [0, 0.1) is 0 Å². The molecule has 0 aliphatic carbocycles. The fourth-order valence-electron chi connectivity index (χ4n) is 0.548. The molecule has 0 aromatic rings. The largest absolute Gasteiger partial charge is 0.466 e. The Hall–Kier alpha value is -0.670. The third-order valence-corrected chi connectivity index (χ3v) is 1.23.